The van der Waals surface area contributed by atoms with Gasteiger partial charge in [-0.05, 0) is 41.7 Å². The second-order valence-corrected chi connectivity index (χ2v) is 9.52. The molecule has 1 aliphatic heterocycles. The molecule has 0 unspecified atom stereocenters. The Labute approximate surface area is 233 Å². The van der Waals surface area contributed by atoms with Gasteiger partial charge < -0.3 is 39.0 Å². The lowest BCUT2D eigenvalue weighted by Crippen LogP contribution is -2.60. The summed E-state index contributed by atoms with van der Waals surface area (Å²) in [6.45, 7) is 2.59. The van der Waals surface area contributed by atoms with Crippen molar-refractivity contribution in [3.05, 3.63) is 101 Å². The third-order valence-corrected chi connectivity index (χ3v) is 6.58. The van der Waals surface area contributed by atoms with Gasteiger partial charge >= 0.3 is 6.16 Å². The summed E-state index contributed by atoms with van der Waals surface area (Å²) in [4.78, 5) is 11.5. The SMILES string of the molecule is CCOC(=O)OC[C@H]1O[C@@H](Oc2ccccc2Cc2ccc(CCOCc3ccccc3)cc2)[C@H](O)[C@@H](O)[C@@H]1O. The lowest BCUT2D eigenvalue weighted by atomic mass is 9.99. The molecule has 1 fully saturated rings. The van der Waals surface area contributed by atoms with Gasteiger partial charge in [-0.25, -0.2) is 4.79 Å². The van der Waals surface area contributed by atoms with Crippen molar-refractivity contribution in [1.82, 2.24) is 0 Å². The Bertz CT molecular complexity index is 1180. The van der Waals surface area contributed by atoms with E-state index in [-0.39, 0.29) is 13.2 Å². The van der Waals surface area contributed by atoms with E-state index in [1.807, 2.05) is 42.5 Å². The van der Waals surface area contributed by atoms with Crippen LogP contribution in [0.3, 0.4) is 0 Å². The fraction of sp³-hybridized carbons (Fsp3) is 0.387. The third-order valence-electron chi connectivity index (χ3n) is 6.58. The van der Waals surface area contributed by atoms with Crippen LogP contribution < -0.4 is 4.74 Å². The number of carbonyl (C=O) groups is 1. The molecule has 3 N–H and O–H groups in total. The summed E-state index contributed by atoms with van der Waals surface area (Å²) in [5.74, 6) is 0.457. The molecule has 9 nitrogen and oxygen atoms in total. The first-order chi connectivity index (χ1) is 19.4. The van der Waals surface area contributed by atoms with Crippen LogP contribution >= 0.6 is 0 Å². The van der Waals surface area contributed by atoms with Crippen LogP contribution in [0.5, 0.6) is 5.75 Å². The van der Waals surface area contributed by atoms with Crippen LogP contribution in [-0.4, -0.2) is 72.0 Å². The van der Waals surface area contributed by atoms with Gasteiger partial charge in [0, 0.05) is 6.42 Å². The lowest BCUT2D eigenvalue weighted by Gasteiger charge is -2.40. The Morgan fingerprint density at radius 3 is 2.25 bits per heavy atom. The highest BCUT2D eigenvalue weighted by Gasteiger charge is 2.45. The van der Waals surface area contributed by atoms with Gasteiger partial charge in [-0.15, -0.1) is 0 Å². The average Bonchev–Trinajstić information content (AvgIpc) is 2.97. The van der Waals surface area contributed by atoms with Gasteiger partial charge in [0.2, 0.25) is 6.29 Å². The highest BCUT2D eigenvalue weighted by Crippen LogP contribution is 2.28. The fourth-order valence-electron chi connectivity index (χ4n) is 4.35. The van der Waals surface area contributed by atoms with Gasteiger partial charge in [0.05, 0.1) is 19.8 Å². The van der Waals surface area contributed by atoms with Crippen molar-refractivity contribution in [3.63, 3.8) is 0 Å². The molecule has 5 atom stereocenters. The molecule has 0 aliphatic carbocycles. The Hall–Kier alpha value is -3.47. The minimum absolute atomic E-state index is 0.128. The second kappa shape index (κ2) is 14.8. The zero-order valence-electron chi connectivity index (χ0n) is 22.4. The van der Waals surface area contributed by atoms with Gasteiger partial charge in [-0.1, -0.05) is 72.8 Å². The van der Waals surface area contributed by atoms with Crippen LogP contribution in [0.4, 0.5) is 4.79 Å². The fourth-order valence-corrected chi connectivity index (χ4v) is 4.35. The maximum absolute atomic E-state index is 11.5. The van der Waals surface area contributed by atoms with E-state index < -0.39 is 36.9 Å². The zero-order chi connectivity index (χ0) is 28.3. The van der Waals surface area contributed by atoms with Crippen LogP contribution in [0.25, 0.3) is 0 Å². The van der Waals surface area contributed by atoms with Crippen LogP contribution in [0.15, 0.2) is 78.9 Å². The van der Waals surface area contributed by atoms with Gasteiger partial charge in [-0.3, -0.25) is 0 Å². The number of para-hydroxylation sites is 1. The Kier molecular flexibility index (Phi) is 10.9. The maximum Gasteiger partial charge on any atom is 0.508 e. The zero-order valence-corrected chi connectivity index (χ0v) is 22.4. The lowest BCUT2D eigenvalue weighted by molar-refractivity contribution is -0.278. The summed E-state index contributed by atoms with van der Waals surface area (Å²) in [5, 5.41) is 31.2. The molecular weight excluding hydrogens is 516 g/mol. The largest absolute Gasteiger partial charge is 0.508 e. The number of aliphatic hydroxyl groups excluding tert-OH is 3. The quantitative estimate of drug-likeness (QED) is 0.229. The summed E-state index contributed by atoms with van der Waals surface area (Å²) >= 11 is 0. The summed E-state index contributed by atoms with van der Waals surface area (Å²) in [6, 6.07) is 25.6. The van der Waals surface area contributed by atoms with Crippen molar-refractivity contribution in [2.75, 3.05) is 19.8 Å². The van der Waals surface area contributed by atoms with E-state index in [0.717, 1.165) is 23.1 Å². The smallest absolute Gasteiger partial charge is 0.462 e. The molecule has 0 spiro atoms. The van der Waals surface area contributed by atoms with E-state index in [0.29, 0.717) is 25.4 Å². The number of carbonyl (C=O) groups excluding carboxylic acids is 1. The molecule has 3 aromatic carbocycles. The topological polar surface area (TPSA) is 124 Å². The highest BCUT2D eigenvalue weighted by atomic mass is 16.7. The van der Waals surface area contributed by atoms with Crippen molar-refractivity contribution in [2.24, 2.45) is 0 Å². The molecule has 1 heterocycles. The van der Waals surface area contributed by atoms with Crippen LogP contribution in [0.1, 0.15) is 29.2 Å². The highest BCUT2D eigenvalue weighted by molar-refractivity contribution is 5.59. The number of hydrogen-bond acceptors (Lipinski definition) is 9. The minimum atomic E-state index is -1.56. The van der Waals surface area contributed by atoms with E-state index in [9.17, 15) is 20.1 Å². The van der Waals surface area contributed by atoms with E-state index >= 15 is 0 Å². The van der Waals surface area contributed by atoms with Crippen LogP contribution in [-0.2, 0) is 38.4 Å². The Morgan fingerprint density at radius 1 is 0.800 bits per heavy atom. The number of benzene rings is 3. The normalized spacial score (nSPS) is 22.4. The molecule has 4 rings (SSSR count). The third kappa shape index (κ3) is 8.27. The first-order valence-corrected chi connectivity index (χ1v) is 13.4. The Morgan fingerprint density at radius 2 is 1.50 bits per heavy atom. The predicted molar refractivity (Wildman–Crippen MR) is 146 cm³/mol. The van der Waals surface area contributed by atoms with Crippen molar-refractivity contribution in [3.8, 4) is 5.75 Å². The molecule has 1 saturated heterocycles. The number of aliphatic hydroxyl groups is 3. The van der Waals surface area contributed by atoms with Crippen molar-refractivity contribution >= 4 is 6.16 Å². The molecule has 214 valence electrons. The van der Waals surface area contributed by atoms with Crippen LogP contribution in [0, 0.1) is 0 Å². The first-order valence-electron chi connectivity index (χ1n) is 13.4. The molecule has 1 aliphatic rings. The van der Waals surface area contributed by atoms with Crippen molar-refractivity contribution < 1.29 is 43.8 Å². The van der Waals surface area contributed by atoms with Gasteiger partial charge in [-0.2, -0.15) is 0 Å². The number of rotatable bonds is 12. The summed E-state index contributed by atoms with van der Waals surface area (Å²) in [6.07, 6.45) is -6.55. The summed E-state index contributed by atoms with van der Waals surface area (Å²) in [7, 11) is 0. The molecule has 0 aromatic heterocycles. The molecule has 0 radical (unpaired) electrons. The van der Waals surface area contributed by atoms with E-state index in [1.165, 1.54) is 5.56 Å². The second-order valence-electron chi connectivity index (χ2n) is 9.52. The van der Waals surface area contributed by atoms with Gasteiger partial charge in [0.25, 0.3) is 0 Å². The minimum Gasteiger partial charge on any atom is -0.462 e. The number of ether oxygens (including phenoxy) is 5. The van der Waals surface area contributed by atoms with E-state index in [2.05, 4.69) is 24.3 Å². The average molecular weight is 553 g/mol. The molecule has 9 heteroatoms. The molecule has 40 heavy (non-hydrogen) atoms. The van der Waals surface area contributed by atoms with Crippen molar-refractivity contribution in [2.45, 2.75) is 57.1 Å². The maximum atomic E-state index is 11.5. The van der Waals surface area contributed by atoms with E-state index in [1.54, 1.807) is 19.1 Å². The standard InChI is InChI=1S/C31H36O9/c1-2-37-31(35)38-20-26-27(32)28(33)29(34)30(40-26)39-25-11-7-6-10-24(25)18-22-14-12-21(13-15-22)16-17-36-19-23-8-4-3-5-9-23/h3-15,26-30,32-34H,2,16-20H2,1H3/t26-,27-,28+,29-,30-/m1/s1. The molecule has 0 amide bonds. The first kappa shape index (κ1) is 29.5. The molecular formula is C31H36O9. The summed E-state index contributed by atoms with van der Waals surface area (Å²) < 4.78 is 27.1. The monoisotopic (exact) mass is 552 g/mol. The number of hydrogen-bond donors (Lipinski definition) is 3. The predicted octanol–water partition coefficient (Wildman–Crippen LogP) is 3.40. The molecule has 0 saturated carbocycles. The van der Waals surface area contributed by atoms with E-state index in [4.69, 9.17) is 23.7 Å². The summed E-state index contributed by atoms with van der Waals surface area (Å²) in [5.41, 5.74) is 4.23. The Balaban J connectivity index is 1.33. The van der Waals surface area contributed by atoms with Crippen LogP contribution in [0.2, 0.25) is 0 Å². The van der Waals surface area contributed by atoms with Crippen molar-refractivity contribution in [1.29, 1.82) is 0 Å². The van der Waals surface area contributed by atoms with Gasteiger partial charge in [0.15, 0.2) is 0 Å². The van der Waals surface area contributed by atoms with Gasteiger partial charge in [0.1, 0.15) is 36.8 Å². The molecule has 3 aromatic rings. The molecule has 0 bridgehead atoms.